The van der Waals surface area contributed by atoms with Crippen molar-refractivity contribution in [3.05, 3.63) is 11.6 Å². The Morgan fingerprint density at radius 2 is 1.47 bits per heavy atom. The van der Waals surface area contributed by atoms with Gasteiger partial charge in [0.1, 0.15) is 0 Å². The third-order valence-electron chi connectivity index (χ3n) is 12.4. The van der Waals surface area contributed by atoms with Crippen LogP contribution in [0.15, 0.2) is 11.6 Å². The van der Waals surface area contributed by atoms with Gasteiger partial charge in [0.2, 0.25) is 0 Å². The van der Waals surface area contributed by atoms with Crippen molar-refractivity contribution < 1.29 is 36.1 Å². The molecule has 0 amide bonds. The van der Waals surface area contributed by atoms with Crippen LogP contribution in [0, 0.1) is 34.5 Å². The molecule has 0 bridgehead atoms. The number of alkyl halides is 5. The molecule has 8 atom stereocenters. The number of halogens is 5. The molecular weight excluding hydrogens is 583 g/mol. The Morgan fingerprint density at radius 3 is 2.14 bits per heavy atom. The highest BCUT2D eigenvalue weighted by Gasteiger charge is 2.64. The first-order valence-electron chi connectivity index (χ1n) is 16.8. The quantitative estimate of drug-likeness (QED) is 0.153. The second-order valence-electron chi connectivity index (χ2n) is 15.0. The second-order valence-corrected chi connectivity index (χ2v) is 16.7. The van der Waals surface area contributed by atoms with Gasteiger partial charge in [-0.05, 0) is 105 Å². The van der Waals surface area contributed by atoms with Gasteiger partial charge in [0.05, 0.1) is 5.60 Å². The normalized spacial score (nSPS) is 37.0. The third-order valence-corrected chi connectivity index (χ3v) is 13.9. The molecule has 3 saturated carbocycles. The van der Waals surface area contributed by atoms with E-state index in [-0.39, 0.29) is 22.4 Å². The van der Waals surface area contributed by atoms with Crippen LogP contribution in [0.4, 0.5) is 22.0 Å². The molecule has 4 aliphatic carbocycles. The molecule has 3 nitrogen and oxygen atoms in total. The van der Waals surface area contributed by atoms with Crippen LogP contribution in [0.5, 0.6) is 0 Å². The van der Waals surface area contributed by atoms with E-state index in [4.69, 9.17) is 0 Å². The van der Waals surface area contributed by atoms with Gasteiger partial charge in [0, 0.05) is 35.1 Å². The van der Waals surface area contributed by atoms with E-state index in [0.717, 1.165) is 83.5 Å². The number of ketones is 1. The van der Waals surface area contributed by atoms with Crippen molar-refractivity contribution in [2.45, 2.75) is 148 Å². The number of carbonyl (C=O) groups is 1. The van der Waals surface area contributed by atoms with Gasteiger partial charge >= 0.3 is 12.1 Å². The standard InChI is InChI=1S/C34H53F5O3S/c1-30-17-13-26(40)23-25(30)22-24(29-27(30)14-18-31(2)28(29)15-19-32(31,3)41)12-9-7-5-4-6-8-10-20-43(42)21-11-16-33(35,36)34(37,38)39/h23-24,27-29,41H,4-22H2,1-3H3/t24-,27?,28?,29?,30+,31+,32+,43?/m1/s1. The molecule has 3 fully saturated rings. The smallest absolute Gasteiger partial charge is 0.390 e. The van der Waals surface area contributed by atoms with Gasteiger partial charge in [-0.1, -0.05) is 57.9 Å². The molecule has 4 rings (SSSR count). The van der Waals surface area contributed by atoms with Crippen molar-refractivity contribution in [2.75, 3.05) is 11.5 Å². The van der Waals surface area contributed by atoms with Crippen LogP contribution in [-0.2, 0) is 15.6 Å². The van der Waals surface area contributed by atoms with Gasteiger partial charge in [0.25, 0.3) is 0 Å². The lowest BCUT2D eigenvalue weighted by Gasteiger charge is -2.61. The number of hydrogen-bond acceptors (Lipinski definition) is 3. The van der Waals surface area contributed by atoms with Crippen LogP contribution in [0.2, 0.25) is 0 Å². The predicted molar refractivity (Wildman–Crippen MR) is 161 cm³/mol. The number of hydrogen-bond donors (Lipinski definition) is 1. The van der Waals surface area contributed by atoms with Crippen LogP contribution in [0.1, 0.15) is 130 Å². The van der Waals surface area contributed by atoms with E-state index in [1.165, 1.54) is 5.57 Å². The van der Waals surface area contributed by atoms with Gasteiger partial charge in [-0.25, -0.2) is 0 Å². The summed E-state index contributed by atoms with van der Waals surface area (Å²) < 4.78 is 74.7. The van der Waals surface area contributed by atoms with Crippen molar-refractivity contribution in [3.8, 4) is 0 Å². The lowest BCUT2D eigenvalue weighted by molar-refractivity contribution is -0.284. The topological polar surface area (TPSA) is 54.4 Å². The summed E-state index contributed by atoms with van der Waals surface area (Å²) in [5.74, 6) is -1.91. The average molecular weight is 637 g/mol. The summed E-state index contributed by atoms with van der Waals surface area (Å²) in [7, 11) is -1.36. The zero-order chi connectivity index (χ0) is 31.7. The Kier molecular flexibility index (Phi) is 11.0. The van der Waals surface area contributed by atoms with Gasteiger partial charge in [0.15, 0.2) is 5.78 Å². The summed E-state index contributed by atoms with van der Waals surface area (Å²) in [5.41, 5.74) is 0.852. The van der Waals surface area contributed by atoms with E-state index >= 15 is 0 Å². The number of unbranched alkanes of at least 4 members (excludes halogenated alkanes) is 6. The molecular formula is C34H53F5O3S. The molecule has 0 radical (unpaired) electrons. The Bertz CT molecular complexity index is 1040. The van der Waals surface area contributed by atoms with Crippen molar-refractivity contribution >= 4 is 16.6 Å². The molecule has 0 saturated heterocycles. The molecule has 0 heterocycles. The molecule has 1 N–H and O–H groups in total. The average Bonchev–Trinajstić information content (AvgIpc) is 3.16. The molecule has 4 aliphatic rings. The number of rotatable bonds is 14. The van der Waals surface area contributed by atoms with Crippen molar-refractivity contribution in [3.63, 3.8) is 0 Å². The molecule has 43 heavy (non-hydrogen) atoms. The maximum absolute atomic E-state index is 13.0. The minimum atomic E-state index is -5.54. The minimum absolute atomic E-state index is 0.0354. The Balaban J connectivity index is 1.19. The number of aliphatic hydroxyl groups is 1. The molecule has 4 unspecified atom stereocenters. The molecule has 9 heteroatoms. The second kappa shape index (κ2) is 13.5. The highest BCUT2D eigenvalue weighted by Crippen LogP contribution is 2.69. The lowest BCUT2D eigenvalue weighted by atomic mass is 9.44. The monoisotopic (exact) mass is 636 g/mol. The Hall–Kier alpha value is -0.830. The first-order chi connectivity index (χ1) is 20.0. The van der Waals surface area contributed by atoms with Crippen LogP contribution in [-0.4, -0.2) is 44.3 Å². The van der Waals surface area contributed by atoms with Crippen LogP contribution < -0.4 is 0 Å². The number of carbonyl (C=O) groups excluding carboxylic acids is 1. The highest BCUT2D eigenvalue weighted by atomic mass is 32.2. The van der Waals surface area contributed by atoms with E-state index in [1.807, 2.05) is 6.08 Å². The lowest BCUT2D eigenvalue weighted by Crippen LogP contribution is -2.56. The largest absolute Gasteiger partial charge is 0.453 e. The van der Waals surface area contributed by atoms with Gasteiger partial charge in [-0.3, -0.25) is 9.00 Å². The Labute approximate surface area is 257 Å². The summed E-state index contributed by atoms with van der Waals surface area (Å²) >= 11 is 0. The first-order valence-corrected chi connectivity index (χ1v) is 18.3. The summed E-state index contributed by atoms with van der Waals surface area (Å²) in [4.78, 5) is 12.4. The SMILES string of the molecule is C[C@]12CCC(=O)C=C1C[C@@H](CCCCCCCCCS(=O)CCCC(F)(F)C(F)(F)F)C1C2CC[C@@]2(C)C1CC[C@]2(C)O. The third kappa shape index (κ3) is 7.44. The van der Waals surface area contributed by atoms with Crippen molar-refractivity contribution in [2.24, 2.45) is 34.5 Å². The Morgan fingerprint density at radius 1 is 0.860 bits per heavy atom. The van der Waals surface area contributed by atoms with Crippen LogP contribution >= 0.6 is 0 Å². The molecule has 248 valence electrons. The van der Waals surface area contributed by atoms with E-state index in [0.29, 0.717) is 42.3 Å². The van der Waals surface area contributed by atoms with Crippen LogP contribution in [0.25, 0.3) is 0 Å². The minimum Gasteiger partial charge on any atom is -0.390 e. The maximum atomic E-state index is 13.0. The summed E-state index contributed by atoms with van der Waals surface area (Å²) in [6, 6.07) is 0. The zero-order valence-corrected chi connectivity index (χ0v) is 27.2. The molecule has 0 spiro atoms. The summed E-state index contributed by atoms with van der Waals surface area (Å²) in [5, 5.41) is 11.4. The molecule has 0 aliphatic heterocycles. The highest BCUT2D eigenvalue weighted by molar-refractivity contribution is 7.84. The van der Waals surface area contributed by atoms with Crippen molar-refractivity contribution in [1.82, 2.24) is 0 Å². The van der Waals surface area contributed by atoms with E-state index < -0.39 is 41.3 Å². The number of allylic oxidation sites excluding steroid dienone is 1. The van der Waals surface area contributed by atoms with Crippen LogP contribution in [0.3, 0.4) is 0 Å². The predicted octanol–water partition coefficient (Wildman–Crippen LogP) is 9.34. The van der Waals surface area contributed by atoms with E-state index in [1.54, 1.807) is 0 Å². The molecule has 0 aromatic rings. The maximum Gasteiger partial charge on any atom is 0.453 e. The van der Waals surface area contributed by atoms with E-state index in [9.17, 15) is 36.1 Å². The number of fused-ring (bicyclic) bond motifs is 5. The zero-order valence-electron chi connectivity index (χ0n) is 26.4. The first kappa shape index (κ1) is 35.0. The summed E-state index contributed by atoms with van der Waals surface area (Å²) in [6.07, 6.45) is 9.78. The fourth-order valence-electron chi connectivity index (χ4n) is 9.50. The van der Waals surface area contributed by atoms with E-state index in [2.05, 4.69) is 20.8 Å². The van der Waals surface area contributed by atoms with Gasteiger partial charge in [-0.2, -0.15) is 22.0 Å². The fraction of sp³-hybridized carbons (Fsp3) is 0.912. The van der Waals surface area contributed by atoms with Gasteiger partial charge < -0.3 is 5.11 Å². The van der Waals surface area contributed by atoms with Crippen molar-refractivity contribution in [1.29, 1.82) is 0 Å². The fourth-order valence-corrected chi connectivity index (χ4v) is 10.7. The molecule has 0 aromatic carbocycles. The summed E-state index contributed by atoms with van der Waals surface area (Å²) in [6.45, 7) is 6.80. The molecule has 0 aromatic heterocycles. The van der Waals surface area contributed by atoms with Gasteiger partial charge in [-0.15, -0.1) is 0 Å².